The number of nitro benzene ring substituents is 1. The van der Waals surface area contributed by atoms with Crippen molar-refractivity contribution in [3.8, 4) is 5.75 Å². The topological polar surface area (TPSA) is 84.7 Å². The van der Waals surface area contributed by atoms with Crippen LogP contribution in [0.2, 0.25) is 0 Å². The molecule has 0 spiro atoms. The van der Waals surface area contributed by atoms with Crippen LogP contribution in [0.3, 0.4) is 0 Å². The van der Waals surface area contributed by atoms with Crippen molar-refractivity contribution in [2.45, 2.75) is 18.9 Å². The second kappa shape index (κ2) is 5.87. The van der Waals surface area contributed by atoms with Crippen LogP contribution < -0.4 is 15.0 Å². The monoisotopic (exact) mass is 279 g/mol. The van der Waals surface area contributed by atoms with E-state index in [1.54, 1.807) is 11.9 Å². The fourth-order valence-electron chi connectivity index (χ4n) is 2.39. The van der Waals surface area contributed by atoms with Crippen LogP contribution in [0.4, 0.5) is 11.4 Å². The molecule has 0 bridgehead atoms. The van der Waals surface area contributed by atoms with Crippen molar-refractivity contribution in [2.24, 2.45) is 0 Å². The lowest BCUT2D eigenvalue weighted by atomic mass is 10.0. The quantitative estimate of drug-likeness (QED) is 0.663. The van der Waals surface area contributed by atoms with Crippen molar-refractivity contribution >= 4 is 17.3 Å². The van der Waals surface area contributed by atoms with E-state index in [0.29, 0.717) is 18.0 Å². The summed E-state index contributed by atoms with van der Waals surface area (Å²) in [6.07, 6.45) is 1.60. The van der Waals surface area contributed by atoms with E-state index in [-0.39, 0.29) is 17.6 Å². The standard InChI is InChI=1S/C13H17N3O4/c1-14-10-4-3-7-15(13(10)17)11-8-9(16(18)19)5-6-12(11)20-2/h5-6,8,10,14H,3-4,7H2,1-2H3. The Kier molecular flexibility index (Phi) is 4.19. The van der Waals surface area contributed by atoms with Crippen LogP contribution in [0.15, 0.2) is 18.2 Å². The zero-order chi connectivity index (χ0) is 14.7. The SMILES string of the molecule is CNC1CCCN(c2cc([N+](=O)[O-])ccc2OC)C1=O. The fourth-order valence-corrected chi connectivity index (χ4v) is 2.39. The normalized spacial score (nSPS) is 19.0. The van der Waals surface area contributed by atoms with Crippen LogP contribution in [0.25, 0.3) is 0 Å². The molecule has 1 unspecified atom stereocenters. The first-order chi connectivity index (χ1) is 9.58. The molecule has 1 N–H and O–H groups in total. The van der Waals surface area contributed by atoms with E-state index in [4.69, 9.17) is 4.74 Å². The molecule has 0 aliphatic carbocycles. The first-order valence-corrected chi connectivity index (χ1v) is 6.39. The number of nitrogens with zero attached hydrogens (tertiary/aromatic N) is 2. The van der Waals surface area contributed by atoms with E-state index in [1.807, 2.05) is 0 Å². The first-order valence-electron chi connectivity index (χ1n) is 6.39. The Morgan fingerprint density at radius 2 is 2.25 bits per heavy atom. The molecule has 1 atom stereocenters. The average Bonchev–Trinajstić information content (AvgIpc) is 2.46. The number of non-ortho nitro benzene ring substituents is 1. The van der Waals surface area contributed by atoms with Gasteiger partial charge in [-0.15, -0.1) is 0 Å². The number of likely N-dealkylation sites (N-methyl/N-ethyl adjacent to an activating group) is 1. The van der Waals surface area contributed by atoms with Crippen molar-refractivity contribution in [3.05, 3.63) is 28.3 Å². The lowest BCUT2D eigenvalue weighted by molar-refractivity contribution is -0.384. The molecule has 7 heteroatoms. The summed E-state index contributed by atoms with van der Waals surface area (Å²) >= 11 is 0. The van der Waals surface area contributed by atoms with E-state index in [0.717, 1.165) is 12.8 Å². The molecule has 1 saturated heterocycles. The third kappa shape index (κ3) is 2.57. The number of hydrogen-bond donors (Lipinski definition) is 1. The van der Waals surface area contributed by atoms with E-state index in [2.05, 4.69) is 5.32 Å². The number of carbonyl (C=O) groups is 1. The number of nitro groups is 1. The minimum Gasteiger partial charge on any atom is -0.495 e. The second-order valence-electron chi connectivity index (χ2n) is 4.59. The molecule has 1 amide bonds. The molecule has 0 saturated carbocycles. The number of carbonyl (C=O) groups excluding carboxylic acids is 1. The molecule has 108 valence electrons. The molecule has 0 radical (unpaired) electrons. The maximum absolute atomic E-state index is 12.3. The largest absolute Gasteiger partial charge is 0.495 e. The van der Waals surface area contributed by atoms with Gasteiger partial charge in [0.25, 0.3) is 5.69 Å². The molecular weight excluding hydrogens is 262 g/mol. The Bertz CT molecular complexity index is 532. The van der Waals surface area contributed by atoms with Gasteiger partial charge in [-0.25, -0.2) is 0 Å². The Labute approximate surface area is 116 Å². The van der Waals surface area contributed by atoms with Gasteiger partial charge in [-0.2, -0.15) is 0 Å². The van der Waals surface area contributed by atoms with Crippen LogP contribution >= 0.6 is 0 Å². The zero-order valence-electron chi connectivity index (χ0n) is 11.5. The van der Waals surface area contributed by atoms with Gasteiger partial charge in [0.2, 0.25) is 5.91 Å². The van der Waals surface area contributed by atoms with E-state index < -0.39 is 4.92 Å². The molecule has 1 aromatic carbocycles. The Hall–Kier alpha value is -2.15. The number of ether oxygens (including phenoxy) is 1. The summed E-state index contributed by atoms with van der Waals surface area (Å²) in [7, 11) is 3.21. The van der Waals surface area contributed by atoms with E-state index >= 15 is 0 Å². The van der Waals surface area contributed by atoms with Gasteiger partial charge >= 0.3 is 0 Å². The van der Waals surface area contributed by atoms with Crippen LogP contribution in [-0.2, 0) is 4.79 Å². The molecule has 2 rings (SSSR count). The second-order valence-corrected chi connectivity index (χ2v) is 4.59. The lowest BCUT2D eigenvalue weighted by Gasteiger charge is -2.32. The number of anilines is 1. The molecule has 7 nitrogen and oxygen atoms in total. The number of rotatable bonds is 4. The van der Waals surface area contributed by atoms with E-state index in [9.17, 15) is 14.9 Å². The number of benzene rings is 1. The van der Waals surface area contributed by atoms with Gasteiger partial charge in [0.1, 0.15) is 5.75 Å². The summed E-state index contributed by atoms with van der Waals surface area (Å²) in [5.41, 5.74) is 0.395. The van der Waals surface area contributed by atoms with Crippen molar-refractivity contribution in [2.75, 3.05) is 25.6 Å². The van der Waals surface area contributed by atoms with Crippen molar-refractivity contribution in [1.29, 1.82) is 0 Å². The molecule has 1 aliphatic heterocycles. The van der Waals surface area contributed by atoms with Crippen molar-refractivity contribution in [3.63, 3.8) is 0 Å². The zero-order valence-corrected chi connectivity index (χ0v) is 11.5. The van der Waals surface area contributed by atoms with Crippen LogP contribution in [0, 0.1) is 10.1 Å². The highest BCUT2D eigenvalue weighted by molar-refractivity contribution is 5.99. The van der Waals surface area contributed by atoms with Gasteiger partial charge in [0.05, 0.1) is 23.8 Å². The van der Waals surface area contributed by atoms with Crippen LogP contribution in [-0.4, -0.2) is 37.6 Å². The summed E-state index contributed by atoms with van der Waals surface area (Å²) in [5, 5.41) is 13.8. The predicted molar refractivity (Wildman–Crippen MR) is 74.1 cm³/mol. The van der Waals surface area contributed by atoms with Crippen LogP contribution in [0.1, 0.15) is 12.8 Å². The summed E-state index contributed by atoms with van der Waals surface area (Å²) in [5.74, 6) is 0.373. The number of hydrogen-bond acceptors (Lipinski definition) is 5. The number of methoxy groups -OCH3 is 1. The summed E-state index contributed by atoms with van der Waals surface area (Å²) in [6.45, 7) is 0.536. The molecule has 1 aliphatic rings. The molecule has 0 aromatic heterocycles. The van der Waals surface area contributed by atoms with Gasteiger partial charge in [-0.05, 0) is 26.0 Å². The van der Waals surface area contributed by atoms with Crippen LogP contribution in [0.5, 0.6) is 5.75 Å². The van der Waals surface area contributed by atoms with Crippen molar-refractivity contribution in [1.82, 2.24) is 5.32 Å². The molecule has 1 aromatic rings. The number of piperidine rings is 1. The highest BCUT2D eigenvalue weighted by Crippen LogP contribution is 2.34. The Balaban J connectivity index is 2.41. The maximum Gasteiger partial charge on any atom is 0.271 e. The highest BCUT2D eigenvalue weighted by atomic mass is 16.6. The summed E-state index contributed by atoms with van der Waals surface area (Å²) in [4.78, 5) is 24.3. The average molecular weight is 279 g/mol. The molecular formula is C13H17N3O4. The summed E-state index contributed by atoms with van der Waals surface area (Å²) in [6, 6.07) is 4.01. The molecule has 20 heavy (non-hydrogen) atoms. The van der Waals surface area contributed by atoms with Gasteiger partial charge in [0.15, 0.2) is 0 Å². The fraction of sp³-hybridized carbons (Fsp3) is 0.462. The minimum atomic E-state index is -0.479. The number of nitrogens with one attached hydrogen (secondary N) is 1. The van der Waals surface area contributed by atoms with Gasteiger partial charge in [-0.3, -0.25) is 14.9 Å². The Morgan fingerprint density at radius 3 is 2.85 bits per heavy atom. The number of amides is 1. The first kappa shape index (κ1) is 14.3. The van der Waals surface area contributed by atoms with Gasteiger partial charge in [0, 0.05) is 18.7 Å². The third-order valence-electron chi connectivity index (χ3n) is 3.45. The van der Waals surface area contributed by atoms with Gasteiger partial charge < -0.3 is 15.0 Å². The predicted octanol–water partition coefficient (Wildman–Crippen LogP) is 1.32. The van der Waals surface area contributed by atoms with E-state index in [1.165, 1.54) is 25.3 Å². The smallest absolute Gasteiger partial charge is 0.271 e. The molecule has 1 fully saturated rings. The third-order valence-corrected chi connectivity index (χ3v) is 3.45. The van der Waals surface area contributed by atoms with Gasteiger partial charge in [-0.1, -0.05) is 0 Å². The minimum absolute atomic E-state index is 0.0554. The summed E-state index contributed by atoms with van der Waals surface area (Å²) < 4.78 is 5.21. The Morgan fingerprint density at radius 1 is 1.50 bits per heavy atom. The lowest BCUT2D eigenvalue weighted by Crippen LogP contribution is -2.49. The highest BCUT2D eigenvalue weighted by Gasteiger charge is 2.30. The maximum atomic E-state index is 12.3. The van der Waals surface area contributed by atoms with Crippen molar-refractivity contribution < 1.29 is 14.5 Å². The molecule has 1 heterocycles.